The third-order valence-electron chi connectivity index (χ3n) is 9.81. The number of rotatable bonds is 34. The molecule has 0 saturated carbocycles. The molecule has 0 amide bonds. The lowest BCUT2D eigenvalue weighted by Gasteiger charge is -2.35. The lowest BCUT2D eigenvalue weighted by atomic mass is 9.77. The molecule has 0 N–H and O–H groups in total. The number of hydrogen-bond acceptors (Lipinski definition) is 4. The van der Waals surface area contributed by atoms with Crippen molar-refractivity contribution in [1.82, 2.24) is 0 Å². The van der Waals surface area contributed by atoms with Crippen molar-refractivity contribution in [3.63, 3.8) is 0 Å². The average molecular weight is 717 g/mol. The molecule has 0 rings (SSSR count). The molecule has 0 heterocycles. The van der Waals surface area contributed by atoms with Gasteiger partial charge in [0.15, 0.2) is 5.41 Å². The molecular weight excluding hydrogens is 629 g/mol. The van der Waals surface area contributed by atoms with Crippen molar-refractivity contribution in [1.29, 1.82) is 0 Å². The van der Waals surface area contributed by atoms with E-state index in [2.05, 4.69) is 38.2 Å². The molecule has 300 valence electrons. The highest BCUT2D eigenvalue weighted by atomic mass is 16.6. The molecule has 0 aliphatic heterocycles. The van der Waals surface area contributed by atoms with Gasteiger partial charge in [-0.05, 0) is 106 Å². The summed E-state index contributed by atoms with van der Waals surface area (Å²) in [4.78, 5) is 27.7. The van der Waals surface area contributed by atoms with Crippen LogP contribution in [-0.2, 0) is 19.1 Å². The molecule has 0 aliphatic carbocycles. The zero-order valence-electron chi connectivity index (χ0n) is 35.7. The van der Waals surface area contributed by atoms with Crippen LogP contribution in [0.25, 0.3) is 0 Å². The fourth-order valence-corrected chi connectivity index (χ4v) is 6.72. The van der Waals surface area contributed by atoms with Gasteiger partial charge in [-0.15, -0.1) is 0 Å². The maximum atomic E-state index is 13.9. The van der Waals surface area contributed by atoms with Crippen molar-refractivity contribution >= 4 is 11.9 Å². The second-order valence-corrected chi connectivity index (χ2v) is 17.5. The number of allylic oxidation sites excluding steroid dienone is 4. The van der Waals surface area contributed by atoms with E-state index in [-0.39, 0.29) is 0 Å². The number of carbonyl (C=O) groups excluding carboxylic acids is 2. The molecular formula is C47H88O4. The van der Waals surface area contributed by atoms with Gasteiger partial charge in [-0.1, -0.05) is 167 Å². The zero-order valence-corrected chi connectivity index (χ0v) is 35.7. The highest BCUT2D eigenvalue weighted by Gasteiger charge is 2.50. The van der Waals surface area contributed by atoms with Crippen molar-refractivity contribution in [2.24, 2.45) is 5.41 Å². The van der Waals surface area contributed by atoms with Crippen molar-refractivity contribution < 1.29 is 19.1 Å². The predicted molar refractivity (Wildman–Crippen MR) is 222 cm³/mol. The summed E-state index contributed by atoms with van der Waals surface area (Å²) in [6.45, 7) is 15.9. The van der Waals surface area contributed by atoms with E-state index in [0.29, 0.717) is 12.8 Å². The summed E-state index contributed by atoms with van der Waals surface area (Å²) in [6, 6.07) is 0. The first-order chi connectivity index (χ1) is 24.4. The third-order valence-corrected chi connectivity index (χ3v) is 9.81. The SMILES string of the molecule is CCCCCCCC/C=C\CCCCCCCCC(CCCCCCCC/C=C\CCCCCCCC)(C(=O)OC(C)(C)C)C(=O)OC(C)(C)C. The fraction of sp³-hybridized carbons (Fsp3) is 0.872. The molecule has 0 unspecified atom stereocenters. The number of unbranched alkanes of at least 4 members (excludes halogenated alkanes) is 24. The fourth-order valence-electron chi connectivity index (χ4n) is 6.72. The molecule has 4 nitrogen and oxygen atoms in total. The minimum absolute atomic E-state index is 0.398. The normalized spacial score (nSPS) is 12.7. The summed E-state index contributed by atoms with van der Waals surface area (Å²) in [5.41, 5.74) is -2.55. The van der Waals surface area contributed by atoms with Gasteiger partial charge < -0.3 is 9.47 Å². The first kappa shape index (κ1) is 49.4. The smallest absolute Gasteiger partial charge is 0.324 e. The Labute approximate surface area is 319 Å². The second-order valence-electron chi connectivity index (χ2n) is 17.5. The number of ether oxygens (including phenoxy) is 2. The van der Waals surface area contributed by atoms with E-state index in [0.717, 1.165) is 38.5 Å². The maximum absolute atomic E-state index is 13.9. The van der Waals surface area contributed by atoms with Crippen LogP contribution >= 0.6 is 0 Å². The lowest BCUT2D eigenvalue weighted by Crippen LogP contribution is -2.46. The van der Waals surface area contributed by atoms with Crippen LogP contribution in [-0.4, -0.2) is 23.1 Å². The summed E-state index contributed by atoms with van der Waals surface area (Å²) in [7, 11) is 0. The standard InChI is InChI=1S/C47H88O4/c1-9-11-13-15-17-19-21-23-25-27-29-31-33-35-37-39-41-47(43(48)50-45(3,4)5,44(49)51-46(6,7)8)42-40-38-36-34-32-30-28-26-24-22-20-18-16-14-12-10-2/h23-26H,9-22,27-42H2,1-8H3/b25-23-,26-24-. The van der Waals surface area contributed by atoms with Gasteiger partial charge in [0.05, 0.1) is 0 Å². The Hall–Kier alpha value is -1.58. The topological polar surface area (TPSA) is 52.6 Å². The van der Waals surface area contributed by atoms with Crippen molar-refractivity contribution in [3.05, 3.63) is 24.3 Å². The molecule has 4 heteroatoms. The highest BCUT2D eigenvalue weighted by molar-refractivity contribution is 6.00. The third kappa shape index (κ3) is 30.6. The van der Waals surface area contributed by atoms with Gasteiger partial charge in [0.2, 0.25) is 0 Å². The van der Waals surface area contributed by atoms with E-state index in [1.54, 1.807) is 0 Å². The first-order valence-electron chi connectivity index (χ1n) is 22.1. The second kappa shape index (κ2) is 31.9. The number of carbonyl (C=O) groups is 2. The molecule has 0 saturated heterocycles. The van der Waals surface area contributed by atoms with E-state index in [9.17, 15) is 9.59 Å². The summed E-state index contributed by atoms with van der Waals surface area (Å²) >= 11 is 0. The van der Waals surface area contributed by atoms with Crippen molar-refractivity contribution in [2.75, 3.05) is 0 Å². The Morgan fingerprint density at radius 1 is 0.373 bits per heavy atom. The maximum Gasteiger partial charge on any atom is 0.324 e. The van der Waals surface area contributed by atoms with E-state index < -0.39 is 28.6 Å². The average Bonchev–Trinajstić information content (AvgIpc) is 3.05. The van der Waals surface area contributed by atoms with Gasteiger partial charge in [0.25, 0.3) is 0 Å². The Morgan fingerprint density at radius 3 is 0.863 bits per heavy atom. The summed E-state index contributed by atoms with van der Waals surface area (Å²) in [5.74, 6) is -0.797. The van der Waals surface area contributed by atoms with Gasteiger partial charge >= 0.3 is 11.9 Å². The van der Waals surface area contributed by atoms with Crippen LogP contribution in [0.2, 0.25) is 0 Å². The van der Waals surface area contributed by atoms with Crippen molar-refractivity contribution in [3.8, 4) is 0 Å². The monoisotopic (exact) mass is 717 g/mol. The van der Waals surface area contributed by atoms with Gasteiger partial charge in [0, 0.05) is 0 Å². The minimum Gasteiger partial charge on any atom is -0.459 e. The Kier molecular flexibility index (Phi) is 30.9. The van der Waals surface area contributed by atoms with Crippen LogP contribution in [0.5, 0.6) is 0 Å². The largest absolute Gasteiger partial charge is 0.459 e. The molecule has 0 radical (unpaired) electrons. The zero-order chi connectivity index (χ0) is 38.1. The molecule has 0 aromatic heterocycles. The van der Waals surface area contributed by atoms with Crippen LogP contribution in [0.4, 0.5) is 0 Å². The van der Waals surface area contributed by atoms with Crippen LogP contribution in [0, 0.1) is 5.41 Å². The number of hydrogen-bond donors (Lipinski definition) is 0. The quantitative estimate of drug-likeness (QED) is 0.0288. The summed E-state index contributed by atoms with van der Waals surface area (Å²) in [6.07, 6.45) is 45.0. The predicted octanol–water partition coefficient (Wildman–Crippen LogP) is 15.5. The highest BCUT2D eigenvalue weighted by Crippen LogP contribution is 2.38. The Bertz CT molecular complexity index is 800. The molecule has 0 aromatic rings. The molecule has 0 aliphatic rings. The van der Waals surface area contributed by atoms with Crippen molar-refractivity contribution in [2.45, 2.75) is 259 Å². The Morgan fingerprint density at radius 2 is 0.608 bits per heavy atom. The Balaban J connectivity index is 4.75. The van der Waals surface area contributed by atoms with Gasteiger partial charge in [-0.25, -0.2) is 0 Å². The van der Waals surface area contributed by atoms with Gasteiger partial charge in [-0.2, -0.15) is 0 Å². The lowest BCUT2D eigenvalue weighted by molar-refractivity contribution is -0.187. The minimum atomic E-state index is -1.23. The molecule has 0 spiro atoms. The first-order valence-corrected chi connectivity index (χ1v) is 22.1. The summed E-state index contributed by atoms with van der Waals surface area (Å²) < 4.78 is 11.9. The van der Waals surface area contributed by atoms with Crippen LogP contribution in [0.1, 0.15) is 248 Å². The molecule has 0 aromatic carbocycles. The van der Waals surface area contributed by atoms with Crippen LogP contribution in [0.3, 0.4) is 0 Å². The molecule has 0 fully saturated rings. The summed E-state index contributed by atoms with van der Waals surface area (Å²) in [5, 5.41) is 0. The van der Waals surface area contributed by atoms with Gasteiger partial charge in [0.1, 0.15) is 11.2 Å². The van der Waals surface area contributed by atoms with E-state index >= 15 is 0 Å². The molecule has 0 bridgehead atoms. The van der Waals surface area contributed by atoms with E-state index in [4.69, 9.17) is 9.47 Å². The van der Waals surface area contributed by atoms with E-state index in [1.165, 1.54) is 141 Å². The molecule has 51 heavy (non-hydrogen) atoms. The van der Waals surface area contributed by atoms with E-state index in [1.807, 2.05) is 41.5 Å². The van der Waals surface area contributed by atoms with Gasteiger partial charge in [-0.3, -0.25) is 9.59 Å². The number of esters is 2. The van der Waals surface area contributed by atoms with Crippen LogP contribution < -0.4 is 0 Å². The van der Waals surface area contributed by atoms with Crippen LogP contribution in [0.15, 0.2) is 24.3 Å². The molecule has 0 atom stereocenters.